The molecule has 4 heteroatoms. The maximum atomic E-state index is 12.6. The van der Waals surface area contributed by atoms with Crippen LogP contribution in [0.4, 0.5) is 13.2 Å². The molecule has 17 heavy (non-hydrogen) atoms. The molecule has 0 saturated carbocycles. The molecule has 0 amide bonds. The van der Waals surface area contributed by atoms with Gasteiger partial charge in [-0.2, -0.15) is 13.2 Å². The van der Waals surface area contributed by atoms with Gasteiger partial charge >= 0.3 is 6.18 Å². The minimum Gasteiger partial charge on any atom is -0.476 e. The molecular formula is C13H13F3O. The van der Waals surface area contributed by atoms with Crippen LogP contribution in [0.2, 0.25) is 0 Å². The summed E-state index contributed by atoms with van der Waals surface area (Å²) >= 11 is 0. The number of halogens is 3. The fraction of sp³-hybridized carbons (Fsp3) is 0.385. The minimum absolute atomic E-state index is 0.130. The van der Waals surface area contributed by atoms with Gasteiger partial charge in [-0.15, -0.1) is 0 Å². The van der Waals surface area contributed by atoms with Crippen LogP contribution < -0.4 is 4.74 Å². The number of rotatable bonds is 1. The lowest BCUT2D eigenvalue weighted by molar-refractivity contribution is -0.180. The highest BCUT2D eigenvalue weighted by molar-refractivity contribution is 5.63. The van der Waals surface area contributed by atoms with Crippen LogP contribution in [0.25, 0.3) is 6.08 Å². The monoisotopic (exact) mass is 242 g/mol. The lowest BCUT2D eigenvalue weighted by Gasteiger charge is -2.26. The van der Waals surface area contributed by atoms with Crippen LogP contribution in [0, 0.1) is 0 Å². The molecule has 1 atom stereocenters. The van der Waals surface area contributed by atoms with Crippen molar-refractivity contribution in [1.82, 2.24) is 0 Å². The van der Waals surface area contributed by atoms with Crippen LogP contribution >= 0.6 is 0 Å². The van der Waals surface area contributed by atoms with E-state index in [-0.39, 0.29) is 5.92 Å². The number of para-hydroxylation sites is 1. The highest BCUT2D eigenvalue weighted by Crippen LogP contribution is 2.37. The first kappa shape index (κ1) is 12.0. The van der Waals surface area contributed by atoms with E-state index in [2.05, 4.69) is 0 Å². The fourth-order valence-corrected chi connectivity index (χ4v) is 1.83. The van der Waals surface area contributed by atoms with Crippen LogP contribution in [0.1, 0.15) is 30.9 Å². The number of hydrogen-bond acceptors (Lipinski definition) is 1. The Morgan fingerprint density at radius 1 is 1.24 bits per heavy atom. The zero-order valence-electron chi connectivity index (χ0n) is 9.58. The quantitative estimate of drug-likeness (QED) is 0.719. The van der Waals surface area contributed by atoms with E-state index in [4.69, 9.17) is 4.74 Å². The molecule has 1 aromatic rings. The van der Waals surface area contributed by atoms with E-state index in [0.717, 1.165) is 11.6 Å². The third-order valence-electron chi connectivity index (χ3n) is 2.72. The summed E-state index contributed by atoms with van der Waals surface area (Å²) in [4.78, 5) is 0. The Bertz CT molecular complexity index is 446. The summed E-state index contributed by atoms with van der Waals surface area (Å²) in [5.74, 6) is 0.484. The van der Waals surface area contributed by atoms with E-state index in [1.165, 1.54) is 6.08 Å². The van der Waals surface area contributed by atoms with Crippen molar-refractivity contribution in [2.45, 2.75) is 32.0 Å². The molecule has 1 heterocycles. The zero-order valence-corrected chi connectivity index (χ0v) is 9.58. The molecule has 0 N–H and O–H groups in total. The van der Waals surface area contributed by atoms with Crippen LogP contribution in [0.15, 0.2) is 24.3 Å². The van der Waals surface area contributed by atoms with Crippen molar-refractivity contribution in [1.29, 1.82) is 0 Å². The second-order valence-corrected chi connectivity index (χ2v) is 4.36. The van der Waals surface area contributed by atoms with E-state index in [1.54, 1.807) is 12.1 Å². The fourth-order valence-electron chi connectivity index (χ4n) is 1.83. The minimum atomic E-state index is -4.36. The van der Waals surface area contributed by atoms with Crippen LogP contribution in [-0.2, 0) is 0 Å². The maximum Gasteiger partial charge on any atom is 0.429 e. The Kier molecular flexibility index (Phi) is 2.89. The number of alkyl halides is 3. The van der Waals surface area contributed by atoms with Gasteiger partial charge in [-0.25, -0.2) is 0 Å². The van der Waals surface area contributed by atoms with E-state index in [0.29, 0.717) is 11.3 Å². The van der Waals surface area contributed by atoms with Crippen molar-refractivity contribution in [3.8, 4) is 5.75 Å². The summed E-state index contributed by atoms with van der Waals surface area (Å²) in [5, 5.41) is 0. The first-order chi connectivity index (χ1) is 7.89. The van der Waals surface area contributed by atoms with Crippen molar-refractivity contribution < 1.29 is 17.9 Å². The standard InChI is InChI=1S/C13H13F3O/c1-8(2)10-5-3-4-9-6-7-11(13(14,15)16)17-12(9)10/h3-8,11H,1-2H3. The van der Waals surface area contributed by atoms with E-state index in [9.17, 15) is 13.2 Å². The third kappa shape index (κ3) is 2.30. The third-order valence-corrected chi connectivity index (χ3v) is 2.72. The van der Waals surface area contributed by atoms with Crippen molar-refractivity contribution in [3.63, 3.8) is 0 Å². The molecule has 1 unspecified atom stereocenters. The molecule has 0 bridgehead atoms. The summed E-state index contributed by atoms with van der Waals surface area (Å²) in [7, 11) is 0. The van der Waals surface area contributed by atoms with Gasteiger partial charge in [-0.1, -0.05) is 38.1 Å². The molecule has 0 spiro atoms. The molecule has 92 valence electrons. The second kappa shape index (κ2) is 4.09. The Labute approximate surface area is 97.9 Å². The molecule has 0 radical (unpaired) electrons. The van der Waals surface area contributed by atoms with Gasteiger partial charge in [-0.3, -0.25) is 0 Å². The van der Waals surface area contributed by atoms with E-state index >= 15 is 0 Å². The van der Waals surface area contributed by atoms with Gasteiger partial charge in [0, 0.05) is 5.56 Å². The first-order valence-corrected chi connectivity index (χ1v) is 5.44. The highest BCUT2D eigenvalue weighted by atomic mass is 19.4. The van der Waals surface area contributed by atoms with Gasteiger partial charge in [0.15, 0.2) is 0 Å². The van der Waals surface area contributed by atoms with Gasteiger partial charge in [0.05, 0.1) is 0 Å². The lowest BCUT2D eigenvalue weighted by atomic mass is 9.97. The first-order valence-electron chi connectivity index (χ1n) is 5.44. The van der Waals surface area contributed by atoms with Crippen molar-refractivity contribution in [2.75, 3.05) is 0 Å². The summed E-state index contributed by atoms with van der Waals surface area (Å²) in [6.07, 6.45) is -3.68. The van der Waals surface area contributed by atoms with Crippen LogP contribution in [0.3, 0.4) is 0 Å². The average Bonchev–Trinajstić information content (AvgIpc) is 2.26. The largest absolute Gasteiger partial charge is 0.476 e. The van der Waals surface area contributed by atoms with E-state index in [1.807, 2.05) is 19.9 Å². The molecule has 0 aromatic heterocycles. The predicted octanol–water partition coefficient (Wildman–Crippen LogP) is 4.15. The summed E-state index contributed by atoms with van der Waals surface area (Å²) in [5.41, 5.74) is 1.51. The number of benzene rings is 1. The Balaban J connectivity index is 2.42. The van der Waals surface area contributed by atoms with Crippen molar-refractivity contribution in [3.05, 3.63) is 35.4 Å². The molecule has 1 aromatic carbocycles. The van der Waals surface area contributed by atoms with Gasteiger partial charge in [0.2, 0.25) is 6.10 Å². The molecular weight excluding hydrogens is 229 g/mol. The van der Waals surface area contributed by atoms with Gasteiger partial charge in [0.1, 0.15) is 5.75 Å². The van der Waals surface area contributed by atoms with Gasteiger partial charge in [0.25, 0.3) is 0 Å². The molecule has 1 nitrogen and oxygen atoms in total. The average molecular weight is 242 g/mol. The molecule has 1 aliphatic heterocycles. The molecule has 2 rings (SSSR count). The second-order valence-electron chi connectivity index (χ2n) is 4.36. The van der Waals surface area contributed by atoms with Crippen LogP contribution in [0.5, 0.6) is 5.75 Å². The normalized spacial score (nSPS) is 19.1. The molecule has 0 aliphatic carbocycles. The smallest absolute Gasteiger partial charge is 0.429 e. The lowest BCUT2D eigenvalue weighted by Crippen LogP contribution is -2.34. The number of ether oxygens (including phenoxy) is 1. The van der Waals surface area contributed by atoms with E-state index < -0.39 is 12.3 Å². The SMILES string of the molecule is CC(C)c1cccc2c1OC(C(F)(F)F)C=C2. The van der Waals surface area contributed by atoms with Crippen LogP contribution in [-0.4, -0.2) is 12.3 Å². The molecule has 0 saturated heterocycles. The summed E-state index contributed by atoms with van der Waals surface area (Å²) < 4.78 is 42.9. The van der Waals surface area contributed by atoms with Crippen molar-refractivity contribution in [2.24, 2.45) is 0 Å². The zero-order chi connectivity index (χ0) is 12.6. The van der Waals surface area contributed by atoms with Gasteiger partial charge < -0.3 is 4.74 Å². The summed E-state index contributed by atoms with van der Waals surface area (Å²) in [6.45, 7) is 3.86. The Morgan fingerprint density at radius 2 is 1.94 bits per heavy atom. The summed E-state index contributed by atoms with van der Waals surface area (Å²) in [6, 6.07) is 5.39. The highest BCUT2D eigenvalue weighted by Gasteiger charge is 2.41. The molecule has 1 aliphatic rings. The Morgan fingerprint density at radius 3 is 2.53 bits per heavy atom. The predicted molar refractivity (Wildman–Crippen MR) is 60.0 cm³/mol. The topological polar surface area (TPSA) is 9.23 Å². The van der Waals surface area contributed by atoms with Crippen molar-refractivity contribution >= 4 is 6.08 Å². The number of fused-ring (bicyclic) bond motifs is 1. The molecule has 0 fully saturated rings. The maximum absolute atomic E-state index is 12.6. The van der Waals surface area contributed by atoms with Gasteiger partial charge in [-0.05, 0) is 17.6 Å². The Hall–Kier alpha value is -1.45. The number of hydrogen-bond donors (Lipinski definition) is 0.